The van der Waals surface area contributed by atoms with Crippen LogP contribution in [0, 0.1) is 0 Å². The number of nitrogens with zero attached hydrogens (tertiary/aromatic N) is 2. The zero-order chi connectivity index (χ0) is 31.6. The largest absolute Gasteiger partial charge is 0.254 e. The summed E-state index contributed by atoms with van der Waals surface area (Å²) in [5.74, 6) is 0. The highest BCUT2D eigenvalue weighted by molar-refractivity contribution is 6.21. The molecular weight excluding hydrogens is 581 g/mol. The van der Waals surface area contributed by atoms with Crippen molar-refractivity contribution in [3.63, 3.8) is 0 Å². The molecule has 0 unspecified atom stereocenters. The fourth-order valence-corrected chi connectivity index (χ4v) is 7.69. The van der Waals surface area contributed by atoms with Crippen molar-refractivity contribution in [3.05, 3.63) is 170 Å². The van der Waals surface area contributed by atoms with Crippen LogP contribution in [0.4, 0.5) is 0 Å². The number of pyridine rings is 2. The topological polar surface area (TPSA) is 25.8 Å². The van der Waals surface area contributed by atoms with Crippen LogP contribution < -0.4 is 0 Å². The number of hydrogen-bond acceptors (Lipinski definition) is 2. The van der Waals surface area contributed by atoms with Crippen molar-refractivity contribution < 1.29 is 0 Å². The lowest BCUT2D eigenvalue weighted by Gasteiger charge is -2.18. The van der Waals surface area contributed by atoms with Gasteiger partial charge in [0.15, 0.2) is 0 Å². The minimum atomic E-state index is 0.930. The quantitative estimate of drug-likeness (QED) is 0.147. The fraction of sp³-hybridized carbons (Fsp3) is 0. The van der Waals surface area contributed by atoms with Gasteiger partial charge in [-0.3, -0.25) is 4.98 Å². The first-order chi connectivity index (χ1) is 23.8. The predicted octanol–water partition coefficient (Wildman–Crippen LogP) is 12.4. The van der Waals surface area contributed by atoms with Crippen molar-refractivity contribution in [3.8, 4) is 33.5 Å². The third-order valence-electron chi connectivity index (χ3n) is 9.87. The molecule has 10 rings (SSSR count). The highest BCUT2D eigenvalue weighted by Gasteiger charge is 2.18. The third kappa shape index (κ3) is 4.06. The molecule has 2 heteroatoms. The molecule has 2 heterocycles. The zero-order valence-corrected chi connectivity index (χ0v) is 26.1. The molecule has 0 amide bonds. The molecule has 0 atom stereocenters. The third-order valence-corrected chi connectivity index (χ3v) is 9.87. The molecule has 2 aromatic heterocycles. The maximum atomic E-state index is 5.31. The normalized spacial score (nSPS) is 11.8. The van der Waals surface area contributed by atoms with E-state index in [0.29, 0.717) is 0 Å². The molecule has 0 N–H and O–H groups in total. The Kier molecular flexibility index (Phi) is 5.91. The number of hydrogen-bond donors (Lipinski definition) is 0. The second-order valence-electron chi connectivity index (χ2n) is 12.5. The highest BCUT2D eigenvalue weighted by atomic mass is 14.8. The summed E-state index contributed by atoms with van der Waals surface area (Å²) in [5.41, 5.74) is 8.88. The fourth-order valence-electron chi connectivity index (χ4n) is 7.69. The van der Waals surface area contributed by atoms with Crippen LogP contribution in [-0.2, 0) is 0 Å². The standard InChI is InChI=1S/C46H28N2/c1-2-12-34-33(10-1)28-41(36-14-4-3-13-35(34)36)29-19-21-30(22-20-29)43-37-15-5-7-17-39(37)44(40-18-8-6-16-38(40)43)42-26-25-32-24-23-31-11-9-27-47-45(31)46(32)48-42/h1-28H. The van der Waals surface area contributed by atoms with Gasteiger partial charge in [-0.05, 0) is 83.5 Å². The van der Waals surface area contributed by atoms with Gasteiger partial charge in [-0.2, -0.15) is 0 Å². The number of benzene rings is 8. The SMILES string of the molecule is c1ccc2c(c1)cc(-c1ccc(-c3c4ccccc4c(-c4ccc5ccc6cccnc6c5n4)c4ccccc34)cc1)c1ccccc12. The van der Waals surface area contributed by atoms with Crippen LogP contribution in [0.25, 0.3) is 98.4 Å². The van der Waals surface area contributed by atoms with E-state index in [1.54, 1.807) is 0 Å². The van der Waals surface area contributed by atoms with Crippen LogP contribution in [-0.4, -0.2) is 9.97 Å². The molecule has 0 radical (unpaired) electrons. The predicted molar refractivity (Wildman–Crippen MR) is 203 cm³/mol. The van der Waals surface area contributed by atoms with Crippen LogP contribution >= 0.6 is 0 Å². The lowest BCUT2D eigenvalue weighted by molar-refractivity contribution is 1.38. The van der Waals surface area contributed by atoms with Crippen LogP contribution in [0.2, 0.25) is 0 Å². The van der Waals surface area contributed by atoms with E-state index >= 15 is 0 Å². The molecule has 0 fully saturated rings. The Morgan fingerprint density at radius 3 is 1.56 bits per heavy atom. The zero-order valence-electron chi connectivity index (χ0n) is 26.1. The monoisotopic (exact) mass is 608 g/mol. The van der Waals surface area contributed by atoms with E-state index in [1.165, 1.54) is 65.3 Å². The Morgan fingerprint density at radius 1 is 0.333 bits per heavy atom. The van der Waals surface area contributed by atoms with Gasteiger partial charge in [0.25, 0.3) is 0 Å². The maximum absolute atomic E-state index is 5.31. The first-order valence-corrected chi connectivity index (χ1v) is 16.4. The Bertz CT molecular complexity index is 2830. The summed E-state index contributed by atoms with van der Waals surface area (Å²) in [6.07, 6.45) is 1.85. The summed E-state index contributed by atoms with van der Waals surface area (Å²) < 4.78 is 0. The molecule has 0 spiro atoms. The Hall–Kier alpha value is -6.38. The van der Waals surface area contributed by atoms with E-state index in [0.717, 1.165) is 33.1 Å². The van der Waals surface area contributed by atoms with Gasteiger partial charge < -0.3 is 0 Å². The molecule has 0 saturated heterocycles. The number of aromatic nitrogens is 2. The molecule has 0 saturated carbocycles. The molecule has 0 aliphatic carbocycles. The molecule has 48 heavy (non-hydrogen) atoms. The summed E-state index contributed by atoms with van der Waals surface area (Å²) >= 11 is 0. The van der Waals surface area contributed by atoms with Gasteiger partial charge in [0.2, 0.25) is 0 Å². The van der Waals surface area contributed by atoms with Gasteiger partial charge in [-0.25, -0.2) is 4.98 Å². The van der Waals surface area contributed by atoms with Crippen LogP contribution in [0.3, 0.4) is 0 Å². The van der Waals surface area contributed by atoms with Gasteiger partial charge in [0, 0.05) is 22.5 Å². The molecule has 2 nitrogen and oxygen atoms in total. The molecule has 0 aliphatic heterocycles. The second-order valence-corrected chi connectivity index (χ2v) is 12.5. The average molecular weight is 609 g/mol. The van der Waals surface area contributed by atoms with Crippen LogP contribution in [0.15, 0.2) is 170 Å². The van der Waals surface area contributed by atoms with E-state index in [4.69, 9.17) is 9.97 Å². The summed E-state index contributed by atoms with van der Waals surface area (Å²) in [7, 11) is 0. The summed E-state index contributed by atoms with van der Waals surface area (Å²) in [6, 6.07) is 59.1. The molecule has 0 aliphatic rings. The first-order valence-electron chi connectivity index (χ1n) is 16.4. The Labute approximate surface area is 277 Å². The van der Waals surface area contributed by atoms with Crippen LogP contribution in [0.1, 0.15) is 0 Å². The molecule has 222 valence electrons. The van der Waals surface area contributed by atoms with Gasteiger partial charge in [-0.15, -0.1) is 0 Å². The van der Waals surface area contributed by atoms with E-state index < -0.39 is 0 Å². The minimum Gasteiger partial charge on any atom is -0.254 e. The number of fused-ring (bicyclic) bond motifs is 8. The summed E-state index contributed by atoms with van der Waals surface area (Å²) in [4.78, 5) is 10.0. The van der Waals surface area contributed by atoms with Crippen molar-refractivity contribution >= 4 is 64.9 Å². The van der Waals surface area contributed by atoms with E-state index in [9.17, 15) is 0 Å². The van der Waals surface area contributed by atoms with Crippen molar-refractivity contribution in [1.29, 1.82) is 0 Å². The van der Waals surface area contributed by atoms with E-state index in [-0.39, 0.29) is 0 Å². The lowest BCUT2D eigenvalue weighted by Crippen LogP contribution is -1.93. The van der Waals surface area contributed by atoms with Gasteiger partial charge >= 0.3 is 0 Å². The first kappa shape index (κ1) is 26.8. The summed E-state index contributed by atoms with van der Waals surface area (Å²) in [5, 5.41) is 12.1. The lowest BCUT2D eigenvalue weighted by atomic mass is 9.86. The number of rotatable bonds is 3. The molecule has 8 aromatic carbocycles. The Balaban J connectivity index is 1.19. The van der Waals surface area contributed by atoms with Gasteiger partial charge in [0.05, 0.1) is 16.7 Å². The molecule has 10 aromatic rings. The van der Waals surface area contributed by atoms with Crippen molar-refractivity contribution in [2.45, 2.75) is 0 Å². The van der Waals surface area contributed by atoms with Gasteiger partial charge in [-0.1, -0.05) is 146 Å². The second kappa shape index (κ2) is 10.6. The van der Waals surface area contributed by atoms with E-state index in [1.807, 2.05) is 12.3 Å². The van der Waals surface area contributed by atoms with E-state index in [2.05, 4.69) is 158 Å². The van der Waals surface area contributed by atoms with Crippen molar-refractivity contribution in [2.75, 3.05) is 0 Å². The molecular formula is C46H28N2. The average Bonchev–Trinajstić information content (AvgIpc) is 3.16. The molecule has 0 bridgehead atoms. The smallest absolute Gasteiger partial charge is 0.0972 e. The van der Waals surface area contributed by atoms with Crippen molar-refractivity contribution in [2.24, 2.45) is 0 Å². The Morgan fingerprint density at radius 2 is 0.854 bits per heavy atom. The highest BCUT2D eigenvalue weighted by Crippen LogP contribution is 2.44. The van der Waals surface area contributed by atoms with Crippen LogP contribution in [0.5, 0.6) is 0 Å². The minimum absolute atomic E-state index is 0.930. The summed E-state index contributed by atoms with van der Waals surface area (Å²) in [6.45, 7) is 0. The maximum Gasteiger partial charge on any atom is 0.0972 e. The van der Waals surface area contributed by atoms with Gasteiger partial charge in [0.1, 0.15) is 0 Å². The van der Waals surface area contributed by atoms with Crippen molar-refractivity contribution in [1.82, 2.24) is 9.97 Å².